The maximum atomic E-state index is 12.0. The maximum absolute atomic E-state index is 12.0. The molecule has 1 saturated heterocycles. The van der Waals surface area contributed by atoms with Gasteiger partial charge in [-0.05, 0) is 55.9 Å². The van der Waals surface area contributed by atoms with Gasteiger partial charge in [0, 0.05) is 11.6 Å². The third kappa shape index (κ3) is 9.42. The molecule has 0 radical (unpaired) electrons. The van der Waals surface area contributed by atoms with E-state index in [1.807, 2.05) is 6.92 Å². The van der Waals surface area contributed by atoms with E-state index in [0.717, 1.165) is 6.42 Å². The molecule has 5 N–H and O–H groups in total. The summed E-state index contributed by atoms with van der Waals surface area (Å²) in [5, 5.41) is 48.7. The molecule has 1 aliphatic rings. The van der Waals surface area contributed by atoms with E-state index in [1.54, 1.807) is 18.2 Å². The van der Waals surface area contributed by atoms with Gasteiger partial charge in [0.15, 0.2) is 6.29 Å². The van der Waals surface area contributed by atoms with Gasteiger partial charge in [0.1, 0.15) is 36.8 Å². The number of carboxylic acid groups (broad SMARTS) is 1. The summed E-state index contributed by atoms with van der Waals surface area (Å²) < 4.78 is 16.2. The highest BCUT2D eigenvalue weighted by atomic mass is 16.7. The number of aliphatic hydroxyl groups excluding tert-OH is 3. The van der Waals surface area contributed by atoms with E-state index >= 15 is 0 Å². The monoisotopic (exact) mass is 494 g/mol. The van der Waals surface area contributed by atoms with E-state index in [1.165, 1.54) is 31.2 Å². The van der Waals surface area contributed by atoms with E-state index in [2.05, 4.69) is 0 Å². The van der Waals surface area contributed by atoms with Crippen molar-refractivity contribution in [3.63, 3.8) is 0 Å². The number of carbonyl (C=O) groups excluding carboxylic acids is 1. The zero-order valence-corrected chi connectivity index (χ0v) is 19.8. The van der Waals surface area contributed by atoms with Gasteiger partial charge >= 0.3 is 11.9 Å². The number of aromatic hydroxyl groups is 1. The number of phenolic OH excluding ortho intramolecular Hbond substituents is 1. The first kappa shape index (κ1) is 28.5. The van der Waals surface area contributed by atoms with Crippen molar-refractivity contribution in [3.8, 4) is 5.75 Å². The van der Waals surface area contributed by atoms with Crippen LogP contribution in [0.25, 0.3) is 6.08 Å². The second-order valence-corrected chi connectivity index (χ2v) is 8.60. The predicted molar refractivity (Wildman–Crippen MR) is 125 cm³/mol. The summed E-state index contributed by atoms with van der Waals surface area (Å²) in [6.45, 7) is 3.36. The molecule has 0 aromatic heterocycles. The highest BCUT2D eigenvalue weighted by Crippen LogP contribution is 2.23. The lowest BCUT2D eigenvalue weighted by Crippen LogP contribution is -2.59. The Balaban J connectivity index is 1.79. The molecule has 1 aromatic carbocycles. The van der Waals surface area contributed by atoms with Gasteiger partial charge in [0.2, 0.25) is 0 Å². The number of rotatable bonds is 12. The van der Waals surface area contributed by atoms with Crippen LogP contribution in [0.5, 0.6) is 5.75 Å². The standard InChI is InChI=1S/C25H34O10/c1-15(4-3-5-16(2)24(31)32)12-13-33-25-23(30)22(29)21(28)19(35-25)14-34-20(27)11-8-17-6-9-18(26)10-7-17/h5-11,15,19,21-23,25-26,28-30H,3-4,12-14H2,1-2H3,(H,31,32)/t15-,19-,21-,22+,23-,25-/m1/s1. The van der Waals surface area contributed by atoms with E-state index in [9.17, 15) is 30.0 Å². The van der Waals surface area contributed by atoms with Gasteiger partial charge < -0.3 is 39.7 Å². The molecule has 1 aromatic rings. The van der Waals surface area contributed by atoms with E-state index in [0.29, 0.717) is 24.0 Å². The molecule has 35 heavy (non-hydrogen) atoms. The number of hydrogen-bond donors (Lipinski definition) is 5. The van der Waals surface area contributed by atoms with Gasteiger partial charge in [-0.25, -0.2) is 9.59 Å². The number of aliphatic hydroxyl groups is 3. The summed E-state index contributed by atoms with van der Waals surface area (Å²) >= 11 is 0. The maximum Gasteiger partial charge on any atom is 0.330 e. The Morgan fingerprint density at radius 2 is 1.77 bits per heavy atom. The van der Waals surface area contributed by atoms with Gasteiger partial charge in [-0.1, -0.05) is 25.1 Å². The van der Waals surface area contributed by atoms with Crippen LogP contribution in [-0.4, -0.2) is 81.4 Å². The molecular formula is C25H34O10. The molecule has 10 heteroatoms. The van der Waals surface area contributed by atoms with Crippen LogP contribution in [0.15, 0.2) is 42.0 Å². The van der Waals surface area contributed by atoms with E-state index in [-0.39, 0.29) is 24.9 Å². The third-order valence-corrected chi connectivity index (χ3v) is 5.70. The number of ether oxygens (including phenoxy) is 3. The molecule has 10 nitrogen and oxygen atoms in total. The quantitative estimate of drug-likeness (QED) is 0.213. The Morgan fingerprint density at radius 1 is 1.09 bits per heavy atom. The highest BCUT2D eigenvalue weighted by Gasteiger charge is 2.44. The largest absolute Gasteiger partial charge is 0.508 e. The molecule has 0 saturated carbocycles. The number of esters is 1. The van der Waals surface area contributed by atoms with Gasteiger partial charge in [-0.2, -0.15) is 0 Å². The molecule has 0 aliphatic carbocycles. The number of aliphatic carboxylic acids is 1. The number of carboxylic acids is 1. The van der Waals surface area contributed by atoms with Gasteiger partial charge in [0.25, 0.3) is 0 Å². The lowest BCUT2D eigenvalue weighted by atomic mass is 9.99. The second-order valence-electron chi connectivity index (χ2n) is 8.60. The summed E-state index contributed by atoms with van der Waals surface area (Å²) in [5.74, 6) is -1.34. The van der Waals surface area contributed by atoms with Crippen LogP contribution in [-0.2, 0) is 23.8 Å². The topological polar surface area (TPSA) is 163 Å². The van der Waals surface area contributed by atoms with Crippen molar-refractivity contribution in [2.75, 3.05) is 13.2 Å². The van der Waals surface area contributed by atoms with Crippen LogP contribution < -0.4 is 0 Å². The van der Waals surface area contributed by atoms with Crippen LogP contribution in [0, 0.1) is 5.92 Å². The summed E-state index contributed by atoms with van der Waals surface area (Å²) in [6, 6.07) is 6.17. The minimum atomic E-state index is -1.55. The molecular weight excluding hydrogens is 460 g/mol. The lowest BCUT2D eigenvalue weighted by Gasteiger charge is -2.40. The van der Waals surface area contributed by atoms with E-state index < -0.39 is 42.6 Å². The normalized spacial score (nSPS) is 26.0. The number of hydrogen-bond acceptors (Lipinski definition) is 9. The zero-order chi connectivity index (χ0) is 26.0. The third-order valence-electron chi connectivity index (χ3n) is 5.70. The molecule has 1 fully saturated rings. The molecule has 0 amide bonds. The highest BCUT2D eigenvalue weighted by molar-refractivity contribution is 5.87. The van der Waals surface area contributed by atoms with E-state index in [4.69, 9.17) is 19.3 Å². The van der Waals surface area contributed by atoms with Crippen LogP contribution in [0.4, 0.5) is 0 Å². The van der Waals surface area contributed by atoms with Gasteiger partial charge in [0.05, 0.1) is 6.61 Å². The number of phenols is 1. The van der Waals surface area contributed by atoms with Crippen LogP contribution >= 0.6 is 0 Å². The average molecular weight is 495 g/mol. The fraction of sp³-hybridized carbons (Fsp3) is 0.520. The molecule has 0 spiro atoms. The lowest BCUT2D eigenvalue weighted by molar-refractivity contribution is -0.302. The Hall–Kier alpha value is -2.76. The van der Waals surface area contributed by atoms with Crippen molar-refractivity contribution in [3.05, 3.63) is 47.6 Å². The van der Waals surface area contributed by atoms with Crippen LogP contribution in [0.2, 0.25) is 0 Å². The zero-order valence-electron chi connectivity index (χ0n) is 19.8. The number of carbonyl (C=O) groups is 2. The SMILES string of the molecule is CC(=CCC[C@@H](C)CCO[C@@H]1O[C@H](COC(=O)C=Cc2ccc(O)cc2)[C@@H](O)[C@H](O)[C@H]1O)C(=O)O. The Morgan fingerprint density at radius 3 is 2.43 bits per heavy atom. The molecule has 194 valence electrons. The fourth-order valence-electron chi connectivity index (χ4n) is 3.36. The first-order chi connectivity index (χ1) is 16.6. The minimum absolute atomic E-state index is 0.100. The first-order valence-corrected chi connectivity index (χ1v) is 11.4. The van der Waals surface area contributed by atoms with Crippen molar-refractivity contribution < 1.29 is 49.3 Å². The van der Waals surface area contributed by atoms with Gasteiger partial charge in [-0.3, -0.25) is 0 Å². The summed E-state index contributed by atoms with van der Waals surface area (Å²) in [5.41, 5.74) is 0.963. The van der Waals surface area contributed by atoms with Crippen molar-refractivity contribution in [2.24, 2.45) is 5.92 Å². The summed E-state index contributed by atoms with van der Waals surface area (Å²) in [4.78, 5) is 22.8. The van der Waals surface area contributed by atoms with Crippen molar-refractivity contribution in [1.82, 2.24) is 0 Å². The molecule has 2 rings (SSSR count). The smallest absolute Gasteiger partial charge is 0.330 e. The summed E-state index contributed by atoms with van der Waals surface area (Å²) in [7, 11) is 0. The van der Waals surface area contributed by atoms with Crippen LogP contribution in [0.1, 0.15) is 38.7 Å². The fourth-order valence-corrected chi connectivity index (χ4v) is 3.36. The molecule has 1 heterocycles. The average Bonchev–Trinajstić information content (AvgIpc) is 2.82. The number of benzene rings is 1. The Bertz CT molecular complexity index is 879. The van der Waals surface area contributed by atoms with Crippen LogP contribution in [0.3, 0.4) is 0 Å². The van der Waals surface area contributed by atoms with Crippen molar-refractivity contribution in [2.45, 2.75) is 63.8 Å². The first-order valence-electron chi connectivity index (χ1n) is 11.4. The molecule has 6 atom stereocenters. The van der Waals surface area contributed by atoms with Crippen molar-refractivity contribution >= 4 is 18.0 Å². The van der Waals surface area contributed by atoms with Crippen molar-refractivity contribution in [1.29, 1.82) is 0 Å². The number of allylic oxidation sites excluding steroid dienone is 1. The predicted octanol–water partition coefficient (Wildman–Crippen LogP) is 1.61. The molecule has 0 unspecified atom stereocenters. The second kappa shape index (κ2) is 14.0. The molecule has 0 bridgehead atoms. The minimum Gasteiger partial charge on any atom is -0.508 e. The molecule has 1 aliphatic heterocycles. The summed E-state index contributed by atoms with van der Waals surface area (Å²) in [6.07, 6.45) is -0.543. The van der Waals surface area contributed by atoms with Gasteiger partial charge in [-0.15, -0.1) is 0 Å². The Labute approximate surface area is 204 Å². The Kier molecular flexibility index (Phi) is 11.4.